The summed E-state index contributed by atoms with van der Waals surface area (Å²) in [7, 11) is 1.57. The highest BCUT2D eigenvalue weighted by atomic mass is 35.5. The Kier molecular flexibility index (Phi) is 4.92. The van der Waals surface area contributed by atoms with Crippen LogP contribution in [0.5, 0.6) is 5.75 Å². The molecule has 0 radical (unpaired) electrons. The summed E-state index contributed by atoms with van der Waals surface area (Å²) in [5, 5.41) is 12.9. The van der Waals surface area contributed by atoms with Gasteiger partial charge in [0.05, 0.1) is 17.7 Å². The maximum absolute atomic E-state index is 12.4. The second kappa shape index (κ2) is 7.13. The molecule has 0 saturated heterocycles. The first kappa shape index (κ1) is 17.3. The van der Waals surface area contributed by atoms with Gasteiger partial charge >= 0.3 is 5.97 Å². The van der Waals surface area contributed by atoms with Crippen molar-refractivity contribution in [1.82, 2.24) is 5.32 Å². The average Bonchev–Trinajstić information content (AvgIpc) is 2.96. The molecule has 0 fully saturated rings. The number of benzene rings is 2. The fraction of sp³-hybridized carbons (Fsp3) is 0.111. The maximum atomic E-state index is 12.4. The van der Waals surface area contributed by atoms with Crippen LogP contribution in [0.15, 0.2) is 42.5 Å². The van der Waals surface area contributed by atoms with Crippen molar-refractivity contribution in [1.29, 1.82) is 0 Å². The van der Waals surface area contributed by atoms with Crippen LogP contribution in [0.3, 0.4) is 0 Å². The van der Waals surface area contributed by atoms with Crippen molar-refractivity contribution in [2.75, 3.05) is 7.11 Å². The van der Waals surface area contributed by atoms with E-state index in [-0.39, 0.29) is 18.0 Å². The third-order valence-corrected chi connectivity index (χ3v) is 5.37. The number of rotatable bonds is 5. The molecule has 1 heterocycles. The van der Waals surface area contributed by atoms with Crippen molar-refractivity contribution in [3.05, 3.63) is 63.5 Å². The first-order valence-corrected chi connectivity index (χ1v) is 8.55. The van der Waals surface area contributed by atoms with Gasteiger partial charge in [-0.1, -0.05) is 23.7 Å². The fourth-order valence-electron chi connectivity index (χ4n) is 2.35. The maximum Gasteiger partial charge on any atom is 0.335 e. The monoisotopic (exact) mass is 375 g/mol. The lowest BCUT2D eigenvalue weighted by Gasteiger charge is -2.05. The minimum atomic E-state index is -0.983. The number of hydrogen-bond acceptors (Lipinski definition) is 4. The lowest BCUT2D eigenvalue weighted by atomic mass is 10.1. The van der Waals surface area contributed by atoms with Gasteiger partial charge in [0.25, 0.3) is 5.91 Å². The normalized spacial score (nSPS) is 10.6. The molecule has 0 spiro atoms. The number of carbonyl (C=O) groups excluding carboxylic acids is 1. The molecule has 3 rings (SSSR count). The summed E-state index contributed by atoms with van der Waals surface area (Å²) in [6.45, 7) is 0.284. The molecule has 0 saturated carbocycles. The van der Waals surface area contributed by atoms with E-state index in [0.29, 0.717) is 15.6 Å². The lowest BCUT2D eigenvalue weighted by Crippen LogP contribution is -2.22. The predicted octanol–water partition coefficient (Wildman–Crippen LogP) is 4.19. The zero-order valence-corrected chi connectivity index (χ0v) is 14.8. The number of carbonyl (C=O) groups is 2. The first-order valence-electron chi connectivity index (χ1n) is 7.36. The van der Waals surface area contributed by atoms with E-state index in [4.69, 9.17) is 21.4 Å². The van der Waals surface area contributed by atoms with E-state index in [0.717, 1.165) is 15.6 Å². The van der Waals surface area contributed by atoms with Gasteiger partial charge in [-0.05, 0) is 35.9 Å². The number of methoxy groups -OCH3 is 1. The molecule has 7 heteroatoms. The second-order valence-electron chi connectivity index (χ2n) is 5.29. The van der Waals surface area contributed by atoms with Gasteiger partial charge in [-0.25, -0.2) is 4.79 Å². The molecular weight excluding hydrogens is 362 g/mol. The van der Waals surface area contributed by atoms with Gasteiger partial charge in [-0.15, -0.1) is 11.3 Å². The molecule has 5 nitrogen and oxygen atoms in total. The van der Waals surface area contributed by atoms with Gasteiger partial charge in [0.2, 0.25) is 0 Å². The summed E-state index contributed by atoms with van der Waals surface area (Å²) >= 11 is 7.66. The van der Waals surface area contributed by atoms with Crippen LogP contribution < -0.4 is 10.1 Å². The summed E-state index contributed by atoms with van der Waals surface area (Å²) in [6.07, 6.45) is 0. The van der Waals surface area contributed by atoms with E-state index >= 15 is 0 Å². The van der Waals surface area contributed by atoms with Gasteiger partial charge in [0, 0.05) is 16.6 Å². The van der Waals surface area contributed by atoms with Gasteiger partial charge in [-0.2, -0.15) is 0 Å². The molecule has 2 aromatic carbocycles. The van der Waals surface area contributed by atoms with Crippen LogP contribution in [0.1, 0.15) is 25.6 Å². The minimum absolute atomic E-state index is 0.205. The number of nitrogens with one attached hydrogen (secondary N) is 1. The van der Waals surface area contributed by atoms with Crippen molar-refractivity contribution in [2.24, 2.45) is 0 Å². The molecule has 1 aromatic heterocycles. The molecule has 0 aliphatic carbocycles. The molecule has 2 N–H and O–H groups in total. The average molecular weight is 376 g/mol. The molecular formula is C18H14ClNO4S. The number of amides is 1. The SMILES string of the molecule is COc1ccc2sc(C(=O)NCc3ccc(C(=O)O)cc3)c(Cl)c2c1. The van der Waals surface area contributed by atoms with Crippen LogP contribution >= 0.6 is 22.9 Å². The Morgan fingerprint density at radius 1 is 1.20 bits per heavy atom. The van der Waals surface area contributed by atoms with E-state index in [9.17, 15) is 9.59 Å². The van der Waals surface area contributed by atoms with Crippen molar-refractivity contribution >= 4 is 44.9 Å². The van der Waals surface area contributed by atoms with Crippen LogP contribution in [0, 0.1) is 0 Å². The largest absolute Gasteiger partial charge is 0.497 e. The van der Waals surface area contributed by atoms with Crippen molar-refractivity contribution in [3.63, 3.8) is 0 Å². The molecule has 1 amide bonds. The Hall–Kier alpha value is -2.57. The zero-order valence-electron chi connectivity index (χ0n) is 13.2. The molecule has 128 valence electrons. The topological polar surface area (TPSA) is 75.6 Å². The highest BCUT2D eigenvalue weighted by Crippen LogP contribution is 2.37. The standard InChI is InChI=1S/C18H14ClNO4S/c1-24-12-6-7-14-13(8-12)15(19)16(25-14)17(21)20-9-10-2-4-11(5-3-10)18(22)23/h2-8H,9H2,1H3,(H,20,21)(H,22,23). The second-order valence-corrected chi connectivity index (χ2v) is 6.72. The van der Waals surface area contributed by atoms with E-state index in [1.165, 1.54) is 23.5 Å². The van der Waals surface area contributed by atoms with E-state index in [2.05, 4.69) is 5.32 Å². The highest BCUT2D eigenvalue weighted by Gasteiger charge is 2.17. The van der Waals surface area contributed by atoms with E-state index < -0.39 is 5.97 Å². The number of aromatic carboxylic acids is 1. The molecule has 0 atom stereocenters. The summed E-state index contributed by atoms with van der Waals surface area (Å²) < 4.78 is 6.09. The zero-order chi connectivity index (χ0) is 18.0. The Bertz CT molecular complexity index is 950. The van der Waals surface area contributed by atoms with Crippen LogP contribution in [-0.4, -0.2) is 24.1 Å². The van der Waals surface area contributed by atoms with Crippen molar-refractivity contribution in [3.8, 4) is 5.75 Å². The Labute approximate surface area is 152 Å². The van der Waals surface area contributed by atoms with Crippen molar-refractivity contribution in [2.45, 2.75) is 6.54 Å². The lowest BCUT2D eigenvalue weighted by molar-refractivity contribution is 0.0696. The Morgan fingerprint density at radius 2 is 1.92 bits per heavy atom. The van der Waals surface area contributed by atoms with Gasteiger partial charge in [-0.3, -0.25) is 4.79 Å². The van der Waals surface area contributed by atoms with Crippen LogP contribution in [0.2, 0.25) is 5.02 Å². The van der Waals surface area contributed by atoms with Gasteiger partial charge in [0.1, 0.15) is 10.6 Å². The summed E-state index contributed by atoms with van der Waals surface area (Å²) in [5.74, 6) is -0.576. The number of ether oxygens (including phenoxy) is 1. The summed E-state index contributed by atoms with van der Waals surface area (Å²) in [4.78, 5) is 23.7. The summed E-state index contributed by atoms with van der Waals surface area (Å²) in [6, 6.07) is 11.8. The highest BCUT2D eigenvalue weighted by molar-refractivity contribution is 7.21. The number of halogens is 1. The third-order valence-electron chi connectivity index (χ3n) is 3.69. The van der Waals surface area contributed by atoms with E-state index in [1.807, 2.05) is 12.1 Å². The molecule has 0 aliphatic heterocycles. The molecule has 0 bridgehead atoms. The smallest absolute Gasteiger partial charge is 0.335 e. The molecule has 0 unspecified atom stereocenters. The fourth-order valence-corrected chi connectivity index (χ4v) is 3.75. The van der Waals surface area contributed by atoms with Gasteiger partial charge < -0.3 is 15.2 Å². The quantitative estimate of drug-likeness (QED) is 0.701. The molecule has 0 aliphatic rings. The Morgan fingerprint density at radius 3 is 2.56 bits per heavy atom. The number of carboxylic acid groups (broad SMARTS) is 1. The van der Waals surface area contributed by atoms with Crippen LogP contribution in [0.4, 0.5) is 0 Å². The summed E-state index contributed by atoms with van der Waals surface area (Å²) in [5.41, 5.74) is 1.01. The molecule has 25 heavy (non-hydrogen) atoms. The number of carboxylic acids is 1. The number of thiophene rings is 1. The minimum Gasteiger partial charge on any atom is -0.497 e. The van der Waals surface area contributed by atoms with Crippen LogP contribution in [-0.2, 0) is 6.54 Å². The predicted molar refractivity (Wildman–Crippen MR) is 98.0 cm³/mol. The van der Waals surface area contributed by atoms with E-state index in [1.54, 1.807) is 25.3 Å². The Balaban J connectivity index is 1.76. The molecule has 3 aromatic rings. The third kappa shape index (κ3) is 3.60. The van der Waals surface area contributed by atoms with Gasteiger partial charge in [0.15, 0.2) is 0 Å². The van der Waals surface area contributed by atoms with Crippen LogP contribution in [0.25, 0.3) is 10.1 Å². The number of fused-ring (bicyclic) bond motifs is 1. The number of hydrogen-bond donors (Lipinski definition) is 2. The van der Waals surface area contributed by atoms with Crippen molar-refractivity contribution < 1.29 is 19.4 Å². The first-order chi connectivity index (χ1) is 12.0.